The third-order valence-electron chi connectivity index (χ3n) is 2.59. The molecule has 0 aromatic heterocycles. The Balaban J connectivity index is 3.11. The van der Waals surface area contributed by atoms with Crippen LogP contribution in [0, 0.1) is 0 Å². The van der Waals surface area contributed by atoms with Crippen LogP contribution < -0.4 is 0 Å². The fourth-order valence-electron chi connectivity index (χ4n) is 1.56. The van der Waals surface area contributed by atoms with Gasteiger partial charge in [0.25, 0.3) is 0 Å². The van der Waals surface area contributed by atoms with Crippen LogP contribution in [0.2, 0.25) is 0 Å². The highest BCUT2D eigenvalue weighted by Crippen LogP contribution is 2.22. The highest BCUT2D eigenvalue weighted by atomic mass is 32.2. The summed E-state index contributed by atoms with van der Waals surface area (Å²) in [4.78, 5) is 4.41. The lowest BCUT2D eigenvalue weighted by Gasteiger charge is -2.21. The molecule has 0 aliphatic carbocycles. The average Bonchev–Trinajstić information content (AvgIpc) is 2.30. The maximum Gasteiger partial charge on any atom is 0.183 e. The van der Waals surface area contributed by atoms with Crippen LogP contribution in [-0.2, 0) is 14.7 Å². The van der Waals surface area contributed by atoms with Crippen molar-refractivity contribution in [2.24, 2.45) is 0 Å². The van der Waals surface area contributed by atoms with Gasteiger partial charge >= 0.3 is 0 Å². The fourth-order valence-corrected chi connectivity index (χ4v) is 3.14. The summed E-state index contributed by atoms with van der Waals surface area (Å²) in [7, 11) is -3.54. The van der Waals surface area contributed by atoms with Crippen LogP contribution in [0.3, 0.4) is 0 Å². The van der Waals surface area contributed by atoms with Crippen LogP contribution in [0.5, 0.6) is 0 Å². The topological polar surface area (TPSA) is 63.6 Å². The minimum atomic E-state index is -3.54. The minimum Gasteiger partial charge on any atom is -0.251 e. The molecule has 0 aliphatic heterocycles. The predicted molar refractivity (Wildman–Crippen MR) is 65.4 cm³/mol. The Hall–Kier alpha value is -1.17. The van der Waals surface area contributed by atoms with Gasteiger partial charge in [-0.3, -0.25) is 5.26 Å². The molecule has 0 bridgehead atoms. The Morgan fingerprint density at radius 2 is 1.88 bits per heavy atom. The van der Waals surface area contributed by atoms with E-state index in [0.717, 1.165) is 0 Å². The maximum atomic E-state index is 12.2. The molecule has 0 heterocycles. The van der Waals surface area contributed by atoms with Crippen LogP contribution in [-0.4, -0.2) is 25.0 Å². The van der Waals surface area contributed by atoms with E-state index in [2.05, 4.69) is 11.5 Å². The molecule has 0 radical (unpaired) electrons. The summed E-state index contributed by atoms with van der Waals surface area (Å²) in [6.07, 6.45) is -0.930. The molecule has 5 heteroatoms. The Labute approximate surface area is 101 Å². The molecule has 2 atom stereocenters. The van der Waals surface area contributed by atoms with Gasteiger partial charge in [0.1, 0.15) is 6.10 Å². The van der Waals surface area contributed by atoms with Crippen molar-refractivity contribution in [1.29, 1.82) is 0 Å². The van der Waals surface area contributed by atoms with E-state index in [-0.39, 0.29) is 4.90 Å². The van der Waals surface area contributed by atoms with Crippen molar-refractivity contribution >= 4 is 9.84 Å². The molecule has 1 aromatic rings. The van der Waals surface area contributed by atoms with Crippen LogP contribution in [0.4, 0.5) is 0 Å². The first-order valence-electron chi connectivity index (χ1n) is 5.16. The van der Waals surface area contributed by atoms with Crippen molar-refractivity contribution in [3.05, 3.63) is 42.5 Å². The molecule has 0 spiro atoms. The van der Waals surface area contributed by atoms with E-state index < -0.39 is 21.2 Å². The van der Waals surface area contributed by atoms with Crippen LogP contribution in [0.1, 0.15) is 13.8 Å². The number of hydrogen-bond donors (Lipinski definition) is 1. The van der Waals surface area contributed by atoms with Crippen molar-refractivity contribution in [2.45, 2.75) is 30.1 Å². The number of hydrogen-bond acceptors (Lipinski definition) is 4. The lowest BCUT2D eigenvalue weighted by Crippen LogP contribution is -2.33. The third-order valence-corrected chi connectivity index (χ3v) is 4.74. The van der Waals surface area contributed by atoms with Crippen molar-refractivity contribution in [2.75, 3.05) is 0 Å². The predicted octanol–water partition coefficient (Wildman–Crippen LogP) is 2.28. The molecule has 0 saturated carbocycles. The normalized spacial score (nSPS) is 15.2. The van der Waals surface area contributed by atoms with Crippen LogP contribution in [0.25, 0.3) is 0 Å². The number of rotatable bonds is 5. The van der Waals surface area contributed by atoms with Gasteiger partial charge in [0.2, 0.25) is 0 Å². The molecular formula is C12H16O4S. The summed E-state index contributed by atoms with van der Waals surface area (Å²) in [6.45, 7) is 6.70. The first kappa shape index (κ1) is 13.9. The van der Waals surface area contributed by atoms with Gasteiger partial charge in [-0.1, -0.05) is 24.8 Å². The molecule has 0 aliphatic rings. The molecule has 17 heavy (non-hydrogen) atoms. The van der Waals surface area contributed by atoms with Crippen LogP contribution in [0.15, 0.2) is 47.4 Å². The third kappa shape index (κ3) is 2.94. The maximum absolute atomic E-state index is 12.2. The molecule has 0 fully saturated rings. The molecule has 1 aromatic carbocycles. The quantitative estimate of drug-likeness (QED) is 0.498. The second-order valence-electron chi connectivity index (χ2n) is 3.94. The Morgan fingerprint density at radius 3 is 2.29 bits per heavy atom. The van der Waals surface area contributed by atoms with Crippen molar-refractivity contribution < 1.29 is 18.6 Å². The molecule has 1 rings (SSSR count). The molecular weight excluding hydrogens is 240 g/mol. The van der Waals surface area contributed by atoms with Crippen molar-refractivity contribution in [3.8, 4) is 0 Å². The second kappa shape index (κ2) is 5.44. The van der Waals surface area contributed by atoms with Crippen molar-refractivity contribution in [1.82, 2.24) is 0 Å². The van der Waals surface area contributed by atoms with Gasteiger partial charge in [-0.2, -0.15) is 0 Å². The molecule has 94 valence electrons. The van der Waals surface area contributed by atoms with Gasteiger partial charge in [0.15, 0.2) is 9.84 Å². The summed E-state index contributed by atoms with van der Waals surface area (Å²) in [6, 6.07) is 8.06. The van der Waals surface area contributed by atoms with Gasteiger partial charge < -0.3 is 0 Å². The summed E-state index contributed by atoms with van der Waals surface area (Å²) in [5.41, 5.74) is 0.458. The highest BCUT2D eigenvalue weighted by Gasteiger charge is 2.32. The van der Waals surface area contributed by atoms with E-state index in [1.54, 1.807) is 25.1 Å². The largest absolute Gasteiger partial charge is 0.251 e. The number of benzene rings is 1. The fraction of sp³-hybridized carbons (Fsp3) is 0.333. The van der Waals surface area contributed by atoms with Gasteiger partial charge in [0, 0.05) is 0 Å². The van der Waals surface area contributed by atoms with Crippen molar-refractivity contribution in [3.63, 3.8) is 0 Å². The monoisotopic (exact) mass is 256 g/mol. The molecule has 0 unspecified atom stereocenters. The van der Waals surface area contributed by atoms with Gasteiger partial charge in [0.05, 0.1) is 10.1 Å². The lowest BCUT2D eigenvalue weighted by molar-refractivity contribution is -0.267. The lowest BCUT2D eigenvalue weighted by atomic mass is 10.1. The van der Waals surface area contributed by atoms with Gasteiger partial charge in [-0.15, -0.1) is 0 Å². The second-order valence-corrected chi connectivity index (χ2v) is 6.24. The van der Waals surface area contributed by atoms with Gasteiger partial charge in [-0.25, -0.2) is 13.3 Å². The summed E-state index contributed by atoms with van der Waals surface area (Å²) in [5.74, 6) is 0. The Bertz CT molecular complexity index is 478. The van der Waals surface area contributed by atoms with E-state index in [1.165, 1.54) is 19.1 Å². The summed E-state index contributed by atoms with van der Waals surface area (Å²) in [5, 5.41) is 7.86. The Morgan fingerprint density at radius 1 is 1.35 bits per heavy atom. The molecule has 1 N–H and O–H groups in total. The average molecular weight is 256 g/mol. The summed E-state index contributed by atoms with van der Waals surface area (Å²) < 4.78 is 24.4. The van der Waals surface area contributed by atoms with E-state index in [1.807, 2.05) is 0 Å². The SMILES string of the molecule is C=C(C)[C@@H](OO)[C@H](C)S(=O)(=O)c1ccccc1. The summed E-state index contributed by atoms with van der Waals surface area (Å²) >= 11 is 0. The van der Waals surface area contributed by atoms with Gasteiger partial charge in [-0.05, 0) is 31.6 Å². The van der Waals surface area contributed by atoms with E-state index >= 15 is 0 Å². The first-order valence-corrected chi connectivity index (χ1v) is 6.70. The number of sulfone groups is 1. The van der Waals surface area contributed by atoms with Crippen LogP contribution >= 0.6 is 0 Å². The van der Waals surface area contributed by atoms with E-state index in [9.17, 15) is 8.42 Å². The van der Waals surface area contributed by atoms with E-state index in [0.29, 0.717) is 5.57 Å². The van der Waals surface area contributed by atoms with E-state index in [4.69, 9.17) is 5.26 Å². The zero-order valence-electron chi connectivity index (χ0n) is 9.83. The smallest absolute Gasteiger partial charge is 0.183 e. The molecule has 0 amide bonds. The minimum absolute atomic E-state index is 0.204. The molecule has 4 nitrogen and oxygen atoms in total. The Kier molecular flexibility index (Phi) is 4.45. The molecule has 0 saturated heterocycles. The zero-order chi connectivity index (χ0) is 13.1. The highest BCUT2D eigenvalue weighted by molar-refractivity contribution is 7.92. The first-order chi connectivity index (χ1) is 7.91. The zero-order valence-corrected chi connectivity index (χ0v) is 10.6. The standard InChI is InChI=1S/C12H16O4S/c1-9(2)12(16-13)10(3)17(14,15)11-7-5-4-6-8-11/h4-8,10,12-13H,1H2,2-3H3/t10-,12+/m0/s1.